The third-order valence-electron chi connectivity index (χ3n) is 2.44. The number of nitrogen functional groups attached to an aromatic ring is 4. The molecule has 0 spiro atoms. The number of halogens is 1. The van der Waals surface area contributed by atoms with Crippen molar-refractivity contribution in [3.05, 3.63) is 36.4 Å². The second kappa shape index (κ2) is 4.84. The predicted molar refractivity (Wildman–Crippen MR) is 76.8 cm³/mol. The Morgan fingerprint density at radius 3 is 1.24 bits per heavy atom. The molecule has 5 heteroatoms. The van der Waals surface area contributed by atoms with Gasteiger partial charge in [0.05, 0.1) is 0 Å². The monoisotopic (exact) mass is 250 g/mol. The predicted octanol–water partition coefficient (Wildman–Crippen LogP) is 2.10. The second-order valence-corrected chi connectivity index (χ2v) is 3.69. The fraction of sp³-hybridized carbons (Fsp3) is 0. The van der Waals surface area contributed by atoms with Crippen molar-refractivity contribution in [2.24, 2.45) is 0 Å². The Kier molecular flexibility index (Phi) is 3.70. The highest BCUT2D eigenvalue weighted by atomic mass is 35.5. The van der Waals surface area contributed by atoms with Crippen LogP contribution >= 0.6 is 12.4 Å². The van der Waals surface area contributed by atoms with Crippen molar-refractivity contribution < 1.29 is 0 Å². The molecule has 0 bridgehead atoms. The van der Waals surface area contributed by atoms with Crippen LogP contribution in [0.2, 0.25) is 0 Å². The molecule has 0 radical (unpaired) electrons. The molecule has 0 fully saturated rings. The maximum absolute atomic E-state index is 5.89. The number of hydrogen-bond donors (Lipinski definition) is 4. The van der Waals surface area contributed by atoms with E-state index in [4.69, 9.17) is 22.9 Å². The van der Waals surface area contributed by atoms with Crippen molar-refractivity contribution in [1.82, 2.24) is 0 Å². The van der Waals surface area contributed by atoms with Crippen LogP contribution in [0.5, 0.6) is 0 Å². The first-order valence-electron chi connectivity index (χ1n) is 4.88. The van der Waals surface area contributed by atoms with E-state index >= 15 is 0 Å². The van der Waals surface area contributed by atoms with Crippen LogP contribution in [-0.4, -0.2) is 0 Å². The first-order valence-corrected chi connectivity index (χ1v) is 4.88. The van der Waals surface area contributed by atoms with Gasteiger partial charge in [0.2, 0.25) is 0 Å². The van der Waals surface area contributed by atoms with Crippen LogP contribution in [0.1, 0.15) is 0 Å². The minimum absolute atomic E-state index is 0. The molecular formula is C12H15ClN4. The molecule has 8 N–H and O–H groups in total. The third-order valence-corrected chi connectivity index (χ3v) is 2.44. The Hall–Kier alpha value is -2.07. The van der Waals surface area contributed by atoms with E-state index in [1.807, 2.05) is 12.1 Å². The Balaban J connectivity index is 0.00000144. The van der Waals surface area contributed by atoms with Gasteiger partial charge in [-0.05, 0) is 24.3 Å². The molecule has 0 heterocycles. The second-order valence-electron chi connectivity index (χ2n) is 3.69. The van der Waals surface area contributed by atoms with Crippen LogP contribution in [-0.2, 0) is 0 Å². The maximum Gasteiger partial charge on any atom is 0.0415 e. The van der Waals surface area contributed by atoms with Gasteiger partial charge in [-0.1, -0.05) is 12.1 Å². The van der Waals surface area contributed by atoms with E-state index in [0.717, 1.165) is 11.1 Å². The smallest absolute Gasteiger partial charge is 0.0415 e. The third kappa shape index (κ3) is 2.54. The molecule has 4 nitrogen and oxygen atoms in total. The minimum atomic E-state index is 0. The normalized spacial score (nSPS) is 9.65. The van der Waals surface area contributed by atoms with Gasteiger partial charge in [0.25, 0.3) is 0 Å². The van der Waals surface area contributed by atoms with Gasteiger partial charge < -0.3 is 22.9 Å². The fourth-order valence-electron chi connectivity index (χ4n) is 1.65. The maximum atomic E-state index is 5.89. The average Bonchev–Trinajstić information content (AvgIpc) is 2.19. The lowest BCUT2D eigenvalue weighted by atomic mass is 10.0. The average molecular weight is 251 g/mol. The van der Waals surface area contributed by atoms with Crippen molar-refractivity contribution in [2.45, 2.75) is 0 Å². The molecule has 0 amide bonds. The summed E-state index contributed by atoms with van der Waals surface area (Å²) >= 11 is 0. The largest absolute Gasteiger partial charge is 0.399 e. The Morgan fingerprint density at radius 2 is 0.941 bits per heavy atom. The molecule has 0 atom stereocenters. The fourth-order valence-corrected chi connectivity index (χ4v) is 1.65. The summed E-state index contributed by atoms with van der Waals surface area (Å²) in [4.78, 5) is 0. The van der Waals surface area contributed by atoms with E-state index in [0.29, 0.717) is 22.7 Å². The summed E-state index contributed by atoms with van der Waals surface area (Å²) < 4.78 is 0. The molecule has 2 aromatic carbocycles. The van der Waals surface area contributed by atoms with Gasteiger partial charge >= 0.3 is 0 Å². The van der Waals surface area contributed by atoms with Gasteiger partial charge in [0, 0.05) is 33.9 Å². The number of nitrogens with two attached hydrogens (primary N) is 4. The molecule has 2 rings (SSSR count). The van der Waals surface area contributed by atoms with Gasteiger partial charge in [0.15, 0.2) is 0 Å². The van der Waals surface area contributed by atoms with E-state index in [2.05, 4.69) is 0 Å². The van der Waals surface area contributed by atoms with Gasteiger partial charge in [-0.15, -0.1) is 12.4 Å². The van der Waals surface area contributed by atoms with E-state index in [1.54, 1.807) is 24.3 Å². The number of hydrogen-bond acceptors (Lipinski definition) is 4. The summed E-state index contributed by atoms with van der Waals surface area (Å²) in [5.74, 6) is 0. The summed E-state index contributed by atoms with van der Waals surface area (Å²) in [6.45, 7) is 0. The topological polar surface area (TPSA) is 104 Å². The lowest BCUT2D eigenvalue weighted by Gasteiger charge is -2.10. The molecule has 0 saturated heterocycles. The molecule has 2 aromatic rings. The molecule has 0 aliphatic rings. The highest BCUT2D eigenvalue weighted by Gasteiger charge is 2.06. The van der Waals surface area contributed by atoms with E-state index in [-0.39, 0.29) is 12.4 Å². The van der Waals surface area contributed by atoms with Gasteiger partial charge in [-0.25, -0.2) is 0 Å². The lowest BCUT2D eigenvalue weighted by Crippen LogP contribution is -1.97. The Labute approximate surface area is 106 Å². The quantitative estimate of drug-likeness (QED) is 0.582. The zero-order valence-electron chi connectivity index (χ0n) is 9.18. The summed E-state index contributed by atoms with van der Waals surface area (Å²) in [5.41, 5.74) is 27.3. The Morgan fingerprint density at radius 1 is 0.588 bits per heavy atom. The van der Waals surface area contributed by atoms with E-state index in [1.165, 1.54) is 0 Å². The van der Waals surface area contributed by atoms with Crippen LogP contribution in [0, 0.1) is 0 Å². The van der Waals surface area contributed by atoms with Crippen molar-refractivity contribution in [3.8, 4) is 11.1 Å². The summed E-state index contributed by atoms with van der Waals surface area (Å²) in [5, 5.41) is 0. The first-order chi connectivity index (χ1) is 7.58. The summed E-state index contributed by atoms with van der Waals surface area (Å²) in [7, 11) is 0. The van der Waals surface area contributed by atoms with Crippen LogP contribution in [0.3, 0.4) is 0 Å². The number of anilines is 4. The summed E-state index contributed by atoms with van der Waals surface area (Å²) in [6, 6.07) is 10.7. The molecule has 17 heavy (non-hydrogen) atoms. The van der Waals surface area contributed by atoms with Gasteiger partial charge in [-0.2, -0.15) is 0 Å². The SMILES string of the molecule is Cl.Nc1ccc(-c2ccc(N)cc2N)c(N)c1. The van der Waals surface area contributed by atoms with Crippen molar-refractivity contribution in [1.29, 1.82) is 0 Å². The molecule has 0 aliphatic heterocycles. The van der Waals surface area contributed by atoms with Crippen molar-refractivity contribution in [3.63, 3.8) is 0 Å². The minimum Gasteiger partial charge on any atom is -0.399 e. The zero-order valence-corrected chi connectivity index (χ0v) is 10.00. The number of benzene rings is 2. The van der Waals surface area contributed by atoms with Gasteiger partial charge in [0.1, 0.15) is 0 Å². The molecule has 0 aromatic heterocycles. The highest BCUT2D eigenvalue weighted by Crippen LogP contribution is 2.32. The first kappa shape index (κ1) is 13.0. The molecular weight excluding hydrogens is 236 g/mol. The molecule has 0 aliphatic carbocycles. The van der Waals surface area contributed by atoms with E-state index < -0.39 is 0 Å². The van der Waals surface area contributed by atoms with Gasteiger partial charge in [-0.3, -0.25) is 0 Å². The van der Waals surface area contributed by atoms with Crippen LogP contribution in [0.25, 0.3) is 11.1 Å². The molecule has 0 saturated carbocycles. The van der Waals surface area contributed by atoms with Crippen LogP contribution < -0.4 is 22.9 Å². The van der Waals surface area contributed by atoms with Crippen molar-refractivity contribution in [2.75, 3.05) is 22.9 Å². The van der Waals surface area contributed by atoms with E-state index in [9.17, 15) is 0 Å². The standard InChI is InChI=1S/C12H14N4.ClH/c13-7-1-3-9(11(15)5-7)10-4-2-8(14)6-12(10)16;/h1-6H,13-16H2;1H. The lowest BCUT2D eigenvalue weighted by molar-refractivity contribution is 1.59. The van der Waals surface area contributed by atoms with Crippen LogP contribution in [0.4, 0.5) is 22.7 Å². The summed E-state index contributed by atoms with van der Waals surface area (Å²) in [6.07, 6.45) is 0. The highest BCUT2D eigenvalue weighted by molar-refractivity contribution is 5.86. The number of rotatable bonds is 1. The Bertz CT molecular complexity index is 491. The zero-order chi connectivity index (χ0) is 11.7. The van der Waals surface area contributed by atoms with Crippen molar-refractivity contribution >= 4 is 35.2 Å². The molecule has 0 unspecified atom stereocenters. The molecule has 90 valence electrons. The van der Waals surface area contributed by atoms with Crippen LogP contribution in [0.15, 0.2) is 36.4 Å².